The lowest BCUT2D eigenvalue weighted by molar-refractivity contribution is -0.130. The zero-order valence-electron chi connectivity index (χ0n) is 7.60. The number of ether oxygens (including phenoxy) is 1. The molecule has 1 aromatic rings. The molecular formula is C10H10O4. The highest BCUT2D eigenvalue weighted by atomic mass is 16.5. The minimum Gasteiger partial charge on any atom is -0.515 e. The second kappa shape index (κ2) is 4.32. The fourth-order valence-corrected chi connectivity index (χ4v) is 1.02. The van der Waals surface area contributed by atoms with E-state index in [1.807, 2.05) is 0 Å². The maximum atomic E-state index is 10.6. The van der Waals surface area contributed by atoms with Crippen molar-refractivity contribution in [2.75, 3.05) is 7.11 Å². The van der Waals surface area contributed by atoms with Crippen molar-refractivity contribution in [1.29, 1.82) is 0 Å². The van der Waals surface area contributed by atoms with Crippen LogP contribution in [0.25, 0.3) is 5.57 Å². The van der Waals surface area contributed by atoms with Gasteiger partial charge in [0.2, 0.25) is 0 Å². The monoisotopic (exact) mass is 194 g/mol. The molecule has 4 heteroatoms. The Balaban J connectivity index is 3.02. The highest BCUT2D eigenvalue weighted by Gasteiger charge is 2.09. The fourth-order valence-electron chi connectivity index (χ4n) is 1.02. The Morgan fingerprint density at radius 2 is 1.93 bits per heavy atom. The molecule has 0 heterocycles. The molecule has 4 nitrogen and oxygen atoms in total. The van der Waals surface area contributed by atoms with Crippen LogP contribution in [0.15, 0.2) is 30.5 Å². The third-order valence-electron chi connectivity index (χ3n) is 1.76. The predicted octanol–water partition coefficient (Wildman–Crippen LogP) is 1.68. The molecule has 1 aromatic carbocycles. The van der Waals surface area contributed by atoms with E-state index in [9.17, 15) is 4.79 Å². The molecule has 0 fully saturated rings. The third kappa shape index (κ3) is 2.04. The van der Waals surface area contributed by atoms with Crippen LogP contribution in [0.2, 0.25) is 0 Å². The fraction of sp³-hybridized carbons (Fsp3) is 0.100. The van der Waals surface area contributed by atoms with E-state index >= 15 is 0 Å². The molecule has 0 atom stereocenters. The number of aliphatic carboxylic acids is 1. The maximum Gasteiger partial charge on any atom is 0.339 e. The summed E-state index contributed by atoms with van der Waals surface area (Å²) in [6, 6.07) is 6.38. The molecule has 0 aliphatic rings. The van der Waals surface area contributed by atoms with E-state index in [0.29, 0.717) is 17.6 Å². The van der Waals surface area contributed by atoms with Crippen molar-refractivity contribution in [2.45, 2.75) is 0 Å². The first-order valence-electron chi connectivity index (χ1n) is 3.91. The first kappa shape index (κ1) is 10.1. The Bertz CT molecular complexity index is 351. The molecule has 0 saturated heterocycles. The predicted molar refractivity (Wildman–Crippen MR) is 51.2 cm³/mol. The lowest BCUT2D eigenvalue weighted by Crippen LogP contribution is -1.99. The summed E-state index contributed by atoms with van der Waals surface area (Å²) in [6.07, 6.45) is 0.574. The van der Waals surface area contributed by atoms with Gasteiger partial charge < -0.3 is 14.9 Å². The highest BCUT2D eigenvalue weighted by Crippen LogP contribution is 2.18. The number of hydrogen-bond acceptors (Lipinski definition) is 3. The van der Waals surface area contributed by atoms with Crippen molar-refractivity contribution >= 4 is 11.5 Å². The van der Waals surface area contributed by atoms with Crippen LogP contribution in [0.3, 0.4) is 0 Å². The number of rotatable bonds is 3. The number of hydrogen-bond donors (Lipinski definition) is 2. The molecule has 0 aromatic heterocycles. The number of methoxy groups -OCH3 is 1. The smallest absolute Gasteiger partial charge is 0.339 e. The summed E-state index contributed by atoms with van der Waals surface area (Å²) in [6.45, 7) is 0. The molecule has 14 heavy (non-hydrogen) atoms. The average Bonchev–Trinajstić information content (AvgIpc) is 2.19. The van der Waals surface area contributed by atoms with Gasteiger partial charge in [-0.1, -0.05) is 12.1 Å². The molecule has 0 radical (unpaired) electrons. The molecule has 0 bridgehead atoms. The lowest BCUT2D eigenvalue weighted by atomic mass is 10.1. The van der Waals surface area contributed by atoms with Crippen LogP contribution in [-0.2, 0) is 4.79 Å². The van der Waals surface area contributed by atoms with Gasteiger partial charge in [-0.25, -0.2) is 4.79 Å². The van der Waals surface area contributed by atoms with Crippen molar-refractivity contribution in [3.05, 3.63) is 36.1 Å². The minimum atomic E-state index is -1.17. The second-order valence-corrected chi connectivity index (χ2v) is 2.58. The topological polar surface area (TPSA) is 66.8 Å². The number of carbonyl (C=O) groups is 1. The average molecular weight is 194 g/mol. The van der Waals surface area contributed by atoms with Gasteiger partial charge >= 0.3 is 5.97 Å². The number of aliphatic hydroxyl groups is 1. The van der Waals surface area contributed by atoms with E-state index in [-0.39, 0.29) is 5.57 Å². The van der Waals surface area contributed by atoms with E-state index in [1.54, 1.807) is 24.3 Å². The molecule has 0 aliphatic heterocycles. The van der Waals surface area contributed by atoms with E-state index in [4.69, 9.17) is 14.9 Å². The van der Waals surface area contributed by atoms with Crippen LogP contribution in [-0.4, -0.2) is 23.3 Å². The summed E-state index contributed by atoms with van der Waals surface area (Å²) in [7, 11) is 1.52. The van der Waals surface area contributed by atoms with Gasteiger partial charge in [0, 0.05) is 0 Å². The van der Waals surface area contributed by atoms with Crippen LogP contribution in [0, 0.1) is 0 Å². The largest absolute Gasteiger partial charge is 0.515 e. The molecule has 0 saturated carbocycles. The van der Waals surface area contributed by atoms with Crippen molar-refractivity contribution in [3.63, 3.8) is 0 Å². The molecule has 2 N–H and O–H groups in total. The van der Waals surface area contributed by atoms with Gasteiger partial charge in [-0.2, -0.15) is 0 Å². The van der Waals surface area contributed by atoms with Gasteiger partial charge in [-0.15, -0.1) is 0 Å². The molecular weight excluding hydrogens is 184 g/mol. The van der Waals surface area contributed by atoms with Gasteiger partial charge in [0.25, 0.3) is 0 Å². The maximum absolute atomic E-state index is 10.6. The van der Waals surface area contributed by atoms with Crippen LogP contribution < -0.4 is 4.74 Å². The molecule has 0 amide bonds. The number of benzene rings is 1. The van der Waals surface area contributed by atoms with Gasteiger partial charge in [-0.3, -0.25) is 0 Å². The van der Waals surface area contributed by atoms with Crippen molar-refractivity contribution in [2.24, 2.45) is 0 Å². The van der Waals surface area contributed by atoms with E-state index in [1.165, 1.54) is 7.11 Å². The molecule has 0 unspecified atom stereocenters. The summed E-state index contributed by atoms with van der Waals surface area (Å²) >= 11 is 0. The first-order chi connectivity index (χ1) is 6.69. The number of carboxylic acids is 1. The SMILES string of the molecule is COc1ccc(C(=CO)C(=O)O)cc1. The third-order valence-corrected chi connectivity index (χ3v) is 1.76. The zero-order valence-corrected chi connectivity index (χ0v) is 7.60. The number of carboxylic acid groups (broad SMARTS) is 1. The molecule has 74 valence electrons. The molecule has 0 aliphatic carbocycles. The summed E-state index contributed by atoms with van der Waals surface area (Å²) in [5.41, 5.74) is 0.286. The molecule has 0 spiro atoms. The summed E-state index contributed by atoms with van der Waals surface area (Å²) < 4.78 is 4.91. The Hall–Kier alpha value is -1.97. The summed E-state index contributed by atoms with van der Waals surface area (Å²) in [5.74, 6) is -0.533. The second-order valence-electron chi connectivity index (χ2n) is 2.58. The zero-order chi connectivity index (χ0) is 10.6. The standard InChI is InChI=1S/C10H10O4/c1-14-8-4-2-7(3-5-8)9(6-11)10(12)13/h2-6,11H,1H3,(H,12,13). The normalized spacial score (nSPS) is 11.1. The lowest BCUT2D eigenvalue weighted by Gasteiger charge is -2.02. The summed E-state index contributed by atoms with van der Waals surface area (Å²) in [5, 5.41) is 17.4. The van der Waals surface area contributed by atoms with Crippen molar-refractivity contribution < 1.29 is 19.7 Å². The van der Waals surface area contributed by atoms with Gasteiger partial charge in [-0.05, 0) is 17.7 Å². The number of aliphatic hydroxyl groups excluding tert-OH is 1. The van der Waals surface area contributed by atoms with Crippen LogP contribution in [0.4, 0.5) is 0 Å². The summed E-state index contributed by atoms with van der Waals surface area (Å²) in [4.78, 5) is 10.6. The van der Waals surface area contributed by atoms with Gasteiger partial charge in [0.15, 0.2) is 0 Å². The van der Waals surface area contributed by atoms with Crippen LogP contribution in [0.5, 0.6) is 5.75 Å². The van der Waals surface area contributed by atoms with Crippen LogP contribution in [0.1, 0.15) is 5.56 Å². The highest BCUT2D eigenvalue weighted by molar-refractivity contribution is 6.14. The van der Waals surface area contributed by atoms with Crippen LogP contribution >= 0.6 is 0 Å². The minimum absolute atomic E-state index is 0.146. The van der Waals surface area contributed by atoms with E-state index < -0.39 is 5.97 Å². The Labute approximate surface area is 81.1 Å². The van der Waals surface area contributed by atoms with Crippen molar-refractivity contribution in [3.8, 4) is 5.75 Å². The Morgan fingerprint density at radius 3 is 2.29 bits per heavy atom. The quantitative estimate of drug-likeness (QED) is 0.567. The van der Waals surface area contributed by atoms with Crippen molar-refractivity contribution in [1.82, 2.24) is 0 Å². The molecule has 1 rings (SSSR count). The van der Waals surface area contributed by atoms with E-state index in [0.717, 1.165) is 0 Å². The van der Waals surface area contributed by atoms with E-state index in [2.05, 4.69) is 0 Å². The Morgan fingerprint density at radius 1 is 1.36 bits per heavy atom. The van der Waals surface area contributed by atoms with Gasteiger partial charge in [0.1, 0.15) is 11.3 Å². The Kier molecular flexibility index (Phi) is 3.12. The first-order valence-corrected chi connectivity index (χ1v) is 3.91. The van der Waals surface area contributed by atoms with Gasteiger partial charge in [0.05, 0.1) is 13.4 Å².